The van der Waals surface area contributed by atoms with Crippen molar-refractivity contribution in [2.75, 3.05) is 7.11 Å². The Morgan fingerprint density at radius 1 is 1.28 bits per heavy atom. The highest BCUT2D eigenvalue weighted by Gasteiger charge is 2.26. The molecule has 1 aliphatic rings. The van der Waals surface area contributed by atoms with Gasteiger partial charge in [0, 0.05) is 11.5 Å². The Bertz CT molecular complexity index is 630. The van der Waals surface area contributed by atoms with E-state index in [1.807, 2.05) is 30.3 Å². The maximum absolute atomic E-state index is 11.9. The third-order valence-electron chi connectivity index (χ3n) is 3.22. The van der Waals surface area contributed by atoms with Gasteiger partial charge >= 0.3 is 0 Å². The molecular formula is C14H14N2O2. The van der Waals surface area contributed by atoms with Crippen LogP contribution in [0.5, 0.6) is 5.75 Å². The second-order valence-electron chi connectivity index (χ2n) is 4.51. The van der Waals surface area contributed by atoms with Crippen LogP contribution in [0.1, 0.15) is 24.5 Å². The molecule has 0 bridgehead atoms. The molecule has 1 aromatic carbocycles. The van der Waals surface area contributed by atoms with Gasteiger partial charge < -0.3 is 4.74 Å². The molecule has 1 heterocycles. The van der Waals surface area contributed by atoms with Gasteiger partial charge in [-0.1, -0.05) is 18.2 Å². The quantitative estimate of drug-likeness (QED) is 0.898. The van der Waals surface area contributed by atoms with Crippen molar-refractivity contribution >= 4 is 0 Å². The number of H-pyrrole nitrogens is 1. The molecule has 1 aliphatic carbocycles. The maximum atomic E-state index is 11.9. The molecule has 3 rings (SSSR count). The molecule has 1 aromatic heterocycles. The van der Waals surface area contributed by atoms with Crippen LogP contribution in [0.2, 0.25) is 0 Å². The Kier molecular flexibility index (Phi) is 2.63. The van der Waals surface area contributed by atoms with Gasteiger partial charge in [-0.3, -0.25) is 4.79 Å². The van der Waals surface area contributed by atoms with E-state index in [9.17, 15) is 4.79 Å². The fourth-order valence-corrected chi connectivity index (χ4v) is 2.08. The predicted octanol–water partition coefficient (Wildman–Crippen LogP) is 2.32. The number of rotatable bonds is 3. The van der Waals surface area contributed by atoms with E-state index in [2.05, 4.69) is 10.2 Å². The molecule has 1 saturated carbocycles. The molecule has 4 heteroatoms. The summed E-state index contributed by atoms with van der Waals surface area (Å²) in [6, 6.07) is 9.41. The van der Waals surface area contributed by atoms with Crippen LogP contribution in [0.25, 0.3) is 11.1 Å². The minimum Gasteiger partial charge on any atom is -0.496 e. The summed E-state index contributed by atoms with van der Waals surface area (Å²) in [5.74, 6) is 1.21. The first-order valence-corrected chi connectivity index (χ1v) is 6.02. The zero-order valence-electron chi connectivity index (χ0n) is 10.1. The minimum atomic E-state index is -0.177. The van der Waals surface area contributed by atoms with Gasteiger partial charge in [0.15, 0.2) is 0 Å². The van der Waals surface area contributed by atoms with Crippen LogP contribution in [-0.2, 0) is 0 Å². The van der Waals surface area contributed by atoms with Crippen molar-refractivity contribution in [1.82, 2.24) is 10.2 Å². The molecule has 1 fully saturated rings. The molecule has 0 saturated heterocycles. The molecule has 1 N–H and O–H groups in total. The standard InChI is InChI=1S/C14H14N2O2/c1-18-13-5-3-2-4-10(13)11-8-12(9-6-7-9)15-16-14(11)17/h2-5,8-9H,6-7H2,1H3,(H,16,17). The van der Waals surface area contributed by atoms with Gasteiger partial charge in [-0.25, -0.2) is 5.10 Å². The predicted molar refractivity (Wildman–Crippen MR) is 68.8 cm³/mol. The van der Waals surface area contributed by atoms with Gasteiger partial charge in [0.25, 0.3) is 5.56 Å². The lowest BCUT2D eigenvalue weighted by molar-refractivity contribution is 0.416. The zero-order chi connectivity index (χ0) is 12.5. The van der Waals surface area contributed by atoms with E-state index >= 15 is 0 Å². The third kappa shape index (κ3) is 1.90. The van der Waals surface area contributed by atoms with Crippen molar-refractivity contribution in [3.8, 4) is 16.9 Å². The Balaban J connectivity index is 2.15. The lowest BCUT2D eigenvalue weighted by atomic mass is 10.1. The van der Waals surface area contributed by atoms with Crippen molar-refractivity contribution in [2.45, 2.75) is 18.8 Å². The lowest BCUT2D eigenvalue weighted by Gasteiger charge is -2.08. The van der Waals surface area contributed by atoms with E-state index in [1.54, 1.807) is 7.11 Å². The number of nitrogens with one attached hydrogen (secondary N) is 1. The second-order valence-corrected chi connectivity index (χ2v) is 4.51. The van der Waals surface area contributed by atoms with Gasteiger partial charge in [-0.05, 0) is 25.0 Å². The van der Waals surface area contributed by atoms with Gasteiger partial charge in [0.05, 0.1) is 18.4 Å². The van der Waals surface area contributed by atoms with Crippen LogP contribution in [0.3, 0.4) is 0 Å². The number of para-hydroxylation sites is 1. The molecule has 18 heavy (non-hydrogen) atoms. The molecular weight excluding hydrogens is 228 g/mol. The van der Waals surface area contributed by atoms with Crippen LogP contribution >= 0.6 is 0 Å². The van der Waals surface area contributed by atoms with Crippen LogP contribution in [-0.4, -0.2) is 17.3 Å². The fourth-order valence-electron chi connectivity index (χ4n) is 2.08. The lowest BCUT2D eigenvalue weighted by Crippen LogP contribution is -2.12. The van der Waals surface area contributed by atoms with Crippen LogP contribution in [0, 0.1) is 0 Å². The summed E-state index contributed by atoms with van der Waals surface area (Å²) < 4.78 is 5.30. The van der Waals surface area contributed by atoms with E-state index in [4.69, 9.17) is 4.74 Å². The van der Waals surface area contributed by atoms with Crippen molar-refractivity contribution in [3.05, 3.63) is 46.4 Å². The summed E-state index contributed by atoms with van der Waals surface area (Å²) in [7, 11) is 1.61. The van der Waals surface area contributed by atoms with E-state index in [1.165, 1.54) is 0 Å². The van der Waals surface area contributed by atoms with E-state index in [0.717, 1.165) is 24.1 Å². The summed E-state index contributed by atoms with van der Waals surface area (Å²) >= 11 is 0. The first kappa shape index (κ1) is 11.0. The summed E-state index contributed by atoms with van der Waals surface area (Å²) in [5.41, 5.74) is 2.23. The van der Waals surface area contributed by atoms with Crippen molar-refractivity contribution < 1.29 is 4.74 Å². The second kappa shape index (κ2) is 4.29. The number of hydrogen-bond acceptors (Lipinski definition) is 3. The number of hydrogen-bond donors (Lipinski definition) is 1. The molecule has 0 amide bonds. The highest BCUT2D eigenvalue weighted by molar-refractivity contribution is 5.69. The monoisotopic (exact) mass is 242 g/mol. The zero-order valence-corrected chi connectivity index (χ0v) is 10.1. The van der Waals surface area contributed by atoms with Crippen molar-refractivity contribution in [3.63, 3.8) is 0 Å². The van der Waals surface area contributed by atoms with E-state index in [0.29, 0.717) is 17.2 Å². The fraction of sp³-hybridized carbons (Fsp3) is 0.286. The number of benzene rings is 1. The molecule has 0 aliphatic heterocycles. The smallest absolute Gasteiger partial charge is 0.272 e. The average molecular weight is 242 g/mol. The van der Waals surface area contributed by atoms with Gasteiger partial charge in [-0.15, -0.1) is 0 Å². The number of aromatic amines is 1. The largest absolute Gasteiger partial charge is 0.496 e. The topological polar surface area (TPSA) is 55.0 Å². The molecule has 0 spiro atoms. The summed E-state index contributed by atoms with van der Waals surface area (Å²) in [6.45, 7) is 0. The average Bonchev–Trinajstić information content (AvgIpc) is 3.24. The highest BCUT2D eigenvalue weighted by atomic mass is 16.5. The van der Waals surface area contributed by atoms with Gasteiger partial charge in [0.1, 0.15) is 5.75 Å². The molecule has 4 nitrogen and oxygen atoms in total. The van der Waals surface area contributed by atoms with Crippen LogP contribution in [0.15, 0.2) is 35.1 Å². The Labute approximate surface area is 105 Å². The normalized spacial score (nSPS) is 14.5. The highest BCUT2D eigenvalue weighted by Crippen LogP contribution is 2.39. The van der Waals surface area contributed by atoms with Gasteiger partial charge in [-0.2, -0.15) is 5.10 Å². The summed E-state index contributed by atoms with van der Waals surface area (Å²) in [5, 5.41) is 6.68. The number of ether oxygens (including phenoxy) is 1. The maximum Gasteiger partial charge on any atom is 0.272 e. The van der Waals surface area contributed by atoms with Gasteiger partial charge in [0.2, 0.25) is 0 Å². The molecule has 0 atom stereocenters. The Morgan fingerprint density at radius 2 is 2.06 bits per heavy atom. The first-order valence-electron chi connectivity index (χ1n) is 6.02. The first-order chi connectivity index (χ1) is 8.79. The molecule has 0 radical (unpaired) electrons. The third-order valence-corrected chi connectivity index (χ3v) is 3.22. The van der Waals surface area contributed by atoms with Crippen LogP contribution < -0.4 is 10.3 Å². The Morgan fingerprint density at radius 3 is 2.78 bits per heavy atom. The Hall–Kier alpha value is -2.10. The van der Waals surface area contributed by atoms with E-state index < -0.39 is 0 Å². The summed E-state index contributed by atoms with van der Waals surface area (Å²) in [6.07, 6.45) is 2.31. The number of aromatic nitrogens is 2. The molecule has 0 unspecified atom stereocenters. The van der Waals surface area contributed by atoms with Crippen molar-refractivity contribution in [1.29, 1.82) is 0 Å². The minimum absolute atomic E-state index is 0.177. The number of nitrogens with zero attached hydrogens (tertiary/aromatic N) is 1. The number of methoxy groups -OCH3 is 1. The summed E-state index contributed by atoms with van der Waals surface area (Å²) in [4.78, 5) is 11.9. The SMILES string of the molecule is COc1ccccc1-c1cc(C2CC2)n[nH]c1=O. The van der Waals surface area contributed by atoms with E-state index in [-0.39, 0.29) is 5.56 Å². The van der Waals surface area contributed by atoms with Crippen molar-refractivity contribution in [2.24, 2.45) is 0 Å². The molecule has 92 valence electrons. The van der Waals surface area contributed by atoms with Crippen LogP contribution in [0.4, 0.5) is 0 Å². The molecule has 2 aromatic rings.